The molecule has 7 heteroatoms. The fourth-order valence-corrected chi connectivity index (χ4v) is 1.65. The zero-order valence-electron chi connectivity index (χ0n) is 8.87. The minimum Gasteiger partial charge on any atom is -0.506 e. The maximum Gasteiger partial charge on any atom is 0.258 e. The highest BCUT2D eigenvalue weighted by atomic mass is 79.9. The fourth-order valence-electron chi connectivity index (χ4n) is 1.19. The number of amides is 1. The molecular weight excluding hydrogens is 290 g/mol. The summed E-state index contributed by atoms with van der Waals surface area (Å²) in [5, 5.41) is 18.6. The summed E-state index contributed by atoms with van der Waals surface area (Å²) >= 11 is 3.03. The molecule has 1 aromatic carbocycles. The summed E-state index contributed by atoms with van der Waals surface area (Å²) in [5.74, 6) is -1.72. The van der Waals surface area contributed by atoms with Crippen molar-refractivity contribution in [1.29, 1.82) is 5.41 Å². The number of halogens is 1. The predicted molar refractivity (Wildman–Crippen MR) is 65.2 cm³/mol. The molecule has 0 atom stereocenters. The van der Waals surface area contributed by atoms with Gasteiger partial charge in [-0.25, -0.2) is 0 Å². The van der Waals surface area contributed by atoms with Crippen molar-refractivity contribution in [1.82, 2.24) is 5.32 Å². The summed E-state index contributed by atoms with van der Waals surface area (Å²) in [5.41, 5.74) is 5.16. The Labute approximate surface area is 105 Å². The lowest BCUT2D eigenvalue weighted by atomic mass is 10.1. The van der Waals surface area contributed by atoms with Crippen molar-refractivity contribution in [2.45, 2.75) is 6.92 Å². The lowest BCUT2D eigenvalue weighted by molar-refractivity contribution is 0.0976. The van der Waals surface area contributed by atoms with E-state index >= 15 is 0 Å². The molecule has 90 valence electrons. The molecule has 0 saturated heterocycles. The molecule has 0 heterocycles. The van der Waals surface area contributed by atoms with Crippen LogP contribution in [-0.2, 0) is 0 Å². The van der Waals surface area contributed by atoms with E-state index in [1.165, 1.54) is 19.1 Å². The van der Waals surface area contributed by atoms with Crippen molar-refractivity contribution in [3.8, 4) is 5.75 Å². The lowest BCUT2D eigenvalue weighted by Crippen LogP contribution is -2.35. The molecule has 0 bridgehead atoms. The van der Waals surface area contributed by atoms with Crippen LogP contribution in [0.1, 0.15) is 27.6 Å². The van der Waals surface area contributed by atoms with Crippen molar-refractivity contribution in [2.75, 3.05) is 0 Å². The summed E-state index contributed by atoms with van der Waals surface area (Å²) < 4.78 is 0.221. The quantitative estimate of drug-likeness (QED) is 0.370. The second-order valence-corrected chi connectivity index (χ2v) is 4.13. The normalized spacial score (nSPS) is 9.76. The van der Waals surface area contributed by atoms with Gasteiger partial charge in [-0.05, 0) is 35.0 Å². The molecule has 6 nitrogen and oxygen atoms in total. The Morgan fingerprint density at radius 3 is 2.53 bits per heavy atom. The standard InChI is InChI=1S/C10H10BrN3O3/c1-4(15)6-2-5(3-7(11)8(6)16)9(17)14-10(12)13/h2-3,16H,1H3,(H4,12,13,14,17). The highest BCUT2D eigenvalue weighted by Crippen LogP contribution is 2.29. The van der Waals surface area contributed by atoms with E-state index in [1.54, 1.807) is 0 Å². The highest BCUT2D eigenvalue weighted by Gasteiger charge is 2.15. The number of phenolic OH excluding ortho intramolecular Hbond substituents is 1. The number of benzene rings is 1. The number of aromatic hydroxyl groups is 1. The number of hydrogen-bond donors (Lipinski definition) is 4. The molecule has 0 aromatic heterocycles. The third-order valence-corrected chi connectivity index (χ3v) is 2.56. The number of nitrogens with one attached hydrogen (secondary N) is 2. The maximum absolute atomic E-state index is 11.5. The number of carbonyl (C=O) groups excluding carboxylic acids is 2. The first-order valence-corrected chi connectivity index (χ1v) is 5.31. The maximum atomic E-state index is 11.5. The van der Waals surface area contributed by atoms with E-state index in [0.717, 1.165) is 0 Å². The van der Waals surface area contributed by atoms with E-state index in [2.05, 4.69) is 21.2 Å². The highest BCUT2D eigenvalue weighted by molar-refractivity contribution is 9.10. The van der Waals surface area contributed by atoms with Gasteiger partial charge < -0.3 is 10.8 Å². The average molecular weight is 300 g/mol. The van der Waals surface area contributed by atoms with Gasteiger partial charge in [0.15, 0.2) is 11.7 Å². The van der Waals surface area contributed by atoms with Crippen LogP contribution in [-0.4, -0.2) is 22.8 Å². The Balaban J connectivity index is 3.23. The molecule has 0 fully saturated rings. The van der Waals surface area contributed by atoms with E-state index < -0.39 is 11.9 Å². The Morgan fingerprint density at radius 1 is 1.47 bits per heavy atom. The van der Waals surface area contributed by atoms with Gasteiger partial charge in [-0.15, -0.1) is 0 Å². The first kappa shape index (κ1) is 13.2. The van der Waals surface area contributed by atoms with Gasteiger partial charge in [-0.3, -0.25) is 20.3 Å². The third kappa shape index (κ3) is 3.04. The van der Waals surface area contributed by atoms with Gasteiger partial charge in [-0.1, -0.05) is 0 Å². The van der Waals surface area contributed by atoms with Crippen molar-refractivity contribution in [3.63, 3.8) is 0 Å². The van der Waals surface area contributed by atoms with Crippen LogP contribution in [0.2, 0.25) is 0 Å². The molecule has 0 radical (unpaired) electrons. The topological polar surface area (TPSA) is 116 Å². The van der Waals surface area contributed by atoms with Crippen molar-refractivity contribution >= 4 is 33.6 Å². The minimum atomic E-state index is -0.624. The van der Waals surface area contributed by atoms with Gasteiger partial charge in [0, 0.05) is 5.56 Å². The zero-order chi connectivity index (χ0) is 13.2. The number of phenols is 1. The summed E-state index contributed by atoms with van der Waals surface area (Å²) in [6, 6.07) is 2.57. The summed E-state index contributed by atoms with van der Waals surface area (Å²) in [6.07, 6.45) is 0. The van der Waals surface area contributed by atoms with Gasteiger partial charge >= 0.3 is 0 Å². The molecule has 0 aliphatic carbocycles. The van der Waals surface area contributed by atoms with Crippen LogP contribution >= 0.6 is 15.9 Å². The summed E-state index contributed by atoms with van der Waals surface area (Å²) in [4.78, 5) is 22.8. The number of ketones is 1. The number of nitrogens with two attached hydrogens (primary N) is 1. The Kier molecular flexibility index (Phi) is 3.84. The van der Waals surface area contributed by atoms with Gasteiger partial charge in [0.25, 0.3) is 5.91 Å². The van der Waals surface area contributed by atoms with Crippen LogP contribution in [0.5, 0.6) is 5.75 Å². The predicted octanol–water partition coefficient (Wildman–Crippen LogP) is 0.981. The average Bonchev–Trinajstić information content (AvgIpc) is 2.20. The Bertz CT molecular complexity index is 514. The molecule has 1 aromatic rings. The van der Waals surface area contributed by atoms with E-state index in [-0.39, 0.29) is 27.1 Å². The molecule has 5 N–H and O–H groups in total. The zero-order valence-corrected chi connectivity index (χ0v) is 10.5. The van der Waals surface area contributed by atoms with E-state index in [4.69, 9.17) is 11.1 Å². The second kappa shape index (κ2) is 4.96. The monoisotopic (exact) mass is 299 g/mol. The van der Waals surface area contributed by atoms with Crippen LogP contribution in [0.3, 0.4) is 0 Å². The summed E-state index contributed by atoms with van der Waals surface area (Å²) in [7, 11) is 0. The first-order valence-electron chi connectivity index (χ1n) is 4.51. The molecule has 0 spiro atoms. The number of rotatable bonds is 2. The summed E-state index contributed by atoms with van der Waals surface area (Å²) in [6.45, 7) is 1.27. The smallest absolute Gasteiger partial charge is 0.258 e. The van der Waals surface area contributed by atoms with Gasteiger partial charge in [-0.2, -0.15) is 0 Å². The molecule has 0 unspecified atom stereocenters. The van der Waals surface area contributed by atoms with Gasteiger partial charge in [0.2, 0.25) is 0 Å². The SMILES string of the molecule is CC(=O)c1cc(C(=O)NC(=N)N)cc(Br)c1O. The van der Waals surface area contributed by atoms with Gasteiger partial charge in [0.1, 0.15) is 5.75 Å². The van der Waals surface area contributed by atoms with Crippen LogP contribution in [0.25, 0.3) is 0 Å². The first-order chi connectivity index (χ1) is 7.82. The lowest BCUT2D eigenvalue weighted by Gasteiger charge is -2.07. The molecule has 0 aliphatic rings. The van der Waals surface area contributed by atoms with Crippen molar-refractivity contribution < 1.29 is 14.7 Å². The molecule has 1 rings (SSSR count). The number of Topliss-reactive ketones (excluding diaryl/α,β-unsaturated/α-hetero) is 1. The molecule has 0 saturated carbocycles. The Morgan fingerprint density at radius 2 is 2.06 bits per heavy atom. The number of hydrogen-bond acceptors (Lipinski definition) is 4. The number of carbonyl (C=O) groups is 2. The van der Waals surface area contributed by atoms with Crippen molar-refractivity contribution in [2.24, 2.45) is 5.73 Å². The van der Waals surface area contributed by atoms with E-state index in [0.29, 0.717) is 0 Å². The second-order valence-electron chi connectivity index (χ2n) is 3.28. The third-order valence-electron chi connectivity index (χ3n) is 1.95. The van der Waals surface area contributed by atoms with Crippen LogP contribution in [0.15, 0.2) is 16.6 Å². The van der Waals surface area contributed by atoms with Crippen LogP contribution in [0, 0.1) is 5.41 Å². The van der Waals surface area contributed by atoms with Crippen LogP contribution < -0.4 is 11.1 Å². The number of guanidine groups is 1. The van der Waals surface area contributed by atoms with E-state index in [9.17, 15) is 14.7 Å². The molecule has 17 heavy (non-hydrogen) atoms. The fraction of sp³-hybridized carbons (Fsp3) is 0.100. The molecule has 0 aliphatic heterocycles. The molecule has 1 amide bonds. The van der Waals surface area contributed by atoms with Crippen molar-refractivity contribution in [3.05, 3.63) is 27.7 Å². The Hall–Kier alpha value is -1.89. The van der Waals surface area contributed by atoms with Gasteiger partial charge in [0.05, 0.1) is 10.0 Å². The minimum absolute atomic E-state index is 0.0214. The largest absolute Gasteiger partial charge is 0.506 e. The van der Waals surface area contributed by atoms with Crippen LogP contribution in [0.4, 0.5) is 0 Å². The molecular formula is C10H10BrN3O3. The van der Waals surface area contributed by atoms with E-state index in [1.807, 2.05) is 0 Å².